The Morgan fingerprint density at radius 2 is 2.00 bits per heavy atom. The van der Waals surface area contributed by atoms with Gasteiger partial charge in [0.15, 0.2) is 0 Å². The second kappa shape index (κ2) is 8.13. The van der Waals surface area contributed by atoms with Crippen molar-refractivity contribution in [3.8, 4) is 0 Å². The SMILES string of the molecule is CN(Cc1ccc(N2CCOCC2)cc1)C(=O)/C=C/c1cccs1. The summed E-state index contributed by atoms with van der Waals surface area (Å²) < 4.78 is 5.38. The Hall–Kier alpha value is -2.11. The molecule has 0 spiro atoms. The molecule has 4 nitrogen and oxygen atoms in total. The van der Waals surface area contributed by atoms with Gasteiger partial charge in [-0.3, -0.25) is 4.79 Å². The molecule has 3 rings (SSSR count). The number of rotatable bonds is 5. The molecule has 126 valence electrons. The molecule has 1 aliphatic heterocycles. The smallest absolute Gasteiger partial charge is 0.246 e. The molecule has 1 aliphatic rings. The van der Waals surface area contributed by atoms with Crippen LogP contribution in [0.15, 0.2) is 47.9 Å². The number of anilines is 1. The van der Waals surface area contributed by atoms with Crippen LogP contribution in [0.5, 0.6) is 0 Å². The van der Waals surface area contributed by atoms with Gasteiger partial charge >= 0.3 is 0 Å². The van der Waals surface area contributed by atoms with Gasteiger partial charge in [0.2, 0.25) is 5.91 Å². The van der Waals surface area contributed by atoms with Crippen molar-refractivity contribution in [1.29, 1.82) is 0 Å². The normalized spacial score (nSPS) is 15.0. The highest BCUT2D eigenvalue weighted by Crippen LogP contribution is 2.17. The summed E-state index contributed by atoms with van der Waals surface area (Å²) in [5.41, 5.74) is 2.35. The molecule has 1 amide bonds. The Morgan fingerprint density at radius 3 is 2.67 bits per heavy atom. The highest BCUT2D eigenvalue weighted by Gasteiger charge is 2.11. The summed E-state index contributed by atoms with van der Waals surface area (Å²) >= 11 is 1.62. The van der Waals surface area contributed by atoms with Crippen molar-refractivity contribution < 1.29 is 9.53 Å². The maximum absolute atomic E-state index is 12.2. The van der Waals surface area contributed by atoms with Crippen LogP contribution in [-0.2, 0) is 16.1 Å². The zero-order chi connectivity index (χ0) is 16.8. The number of nitrogens with zero attached hydrogens (tertiary/aromatic N) is 2. The number of hydrogen-bond donors (Lipinski definition) is 0. The number of ether oxygens (including phenoxy) is 1. The van der Waals surface area contributed by atoms with Crippen LogP contribution in [0, 0.1) is 0 Å². The summed E-state index contributed by atoms with van der Waals surface area (Å²) in [6.45, 7) is 4.05. The third kappa shape index (κ3) is 4.46. The standard InChI is InChI=1S/C19H22N2O2S/c1-20(19(22)9-8-18-3-2-14-24-18)15-16-4-6-17(7-5-16)21-10-12-23-13-11-21/h2-9,14H,10-13,15H2,1H3/b9-8+. The molecule has 2 heterocycles. The van der Waals surface area contributed by atoms with E-state index >= 15 is 0 Å². The van der Waals surface area contributed by atoms with E-state index in [4.69, 9.17) is 4.74 Å². The van der Waals surface area contributed by atoms with Crippen LogP contribution in [0.1, 0.15) is 10.4 Å². The van der Waals surface area contributed by atoms with Gasteiger partial charge < -0.3 is 14.5 Å². The molecule has 1 aromatic heterocycles. The van der Waals surface area contributed by atoms with Crippen molar-refractivity contribution in [3.63, 3.8) is 0 Å². The summed E-state index contributed by atoms with van der Waals surface area (Å²) in [5, 5.41) is 2.00. The van der Waals surface area contributed by atoms with Gasteiger partial charge in [0.1, 0.15) is 0 Å². The van der Waals surface area contributed by atoms with Gasteiger partial charge in [-0.2, -0.15) is 0 Å². The van der Waals surface area contributed by atoms with Crippen LogP contribution in [0.2, 0.25) is 0 Å². The number of carbonyl (C=O) groups excluding carboxylic acids is 1. The Morgan fingerprint density at radius 1 is 1.25 bits per heavy atom. The molecule has 24 heavy (non-hydrogen) atoms. The molecule has 2 aromatic rings. The molecule has 0 aliphatic carbocycles. The van der Waals surface area contributed by atoms with Gasteiger partial charge in [-0.25, -0.2) is 0 Å². The van der Waals surface area contributed by atoms with Crippen LogP contribution in [0.25, 0.3) is 6.08 Å². The van der Waals surface area contributed by atoms with Crippen molar-refractivity contribution in [2.24, 2.45) is 0 Å². The predicted octanol–water partition coefficient (Wildman–Crippen LogP) is 3.26. The molecule has 0 radical (unpaired) electrons. The van der Waals surface area contributed by atoms with Crippen LogP contribution < -0.4 is 4.90 Å². The van der Waals surface area contributed by atoms with Crippen LogP contribution >= 0.6 is 11.3 Å². The maximum Gasteiger partial charge on any atom is 0.246 e. The zero-order valence-electron chi connectivity index (χ0n) is 13.9. The monoisotopic (exact) mass is 342 g/mol. The second-order valence-electron chi connectivity index (χ2n) is 5.81. The first-order chi connectivity index (χ1) is 11.7. The molecule has 5 heteroatoms. The molecule has 0 N–H and O–H groups in total. The van der Waals surface area contributed by atoms with Crippen molar-refractivity contribution >= 4 is 29.0 Å². The number of likely N-dealkylation sites (N-methyl/N-ethyl adjacent to an activating group) is 1. The van der Waals surface area contributed by atoms with Gasteiger partial charge in [0.05, 0.1) is 13.2 Å². The van der Waals surface area contributed by atoms with Gasteiger partial charge in [-0.05, 0) is 35.2 Å². The number of amides is 1. The lowest BCUT2D eigenvalue weighted by Gasteiger charge is -2.29. The van der Waals surface area contributed by atoms with E-state index in [0.717, 1.165) is 36.7 Å². The molecule has 1 fully saturated rings. The molecular formula is C19H22N2O2S. The van der Waals surface area contributed by atoms with E-state index in [0.29, 0.717) is 6.54 Å². The van der Waals surface area contributed by atoms with Crippen molar-refractivity contribution in [2.75, 3.05) is 38.3 Å². The molecule has 0 unspecified atom stereocenters. The van der Waals surface area contributed by atoms with Crippen molar-refractivity contribution in [3.05, 3.63) is 58.3 Å². The average Bonchev–Trinajstić information content (AvgIpc) is 3.14. The number of benzene rings is 1. The molecular weight excluding hydrogens is 320 g/mol. The average molecular weight is 342 g/mol. The Kier molecular flexibility index (Phi) is 5.67. The fourth-order valence-corrected chi connectivity index (χ4v) is 3.27. The largest absolute Gasteiger partial charge is 0.378 e. The van der Waals surface area contributed by atoms with E-state index in [1.54, 1.807) is 22.3 Å². The summed E-state index contributed by atoms with van der Waals surface area (Å²) in [7, 11) is 1.83. The second-order valence-corrected chi connectivity index (χ2v) is 6.79. The van der Waals surface area contributed by atoms with Crippen LogP contribution in [0.3, 0.4) is 0 Å². The molecule has 0 atom stereocenters. The lowest BCUT2D eigenvalue weighted by atomic mass is 10.1. The minimum absolute atomic E-state index is 0.0145. The first-order valence-electron chi connectivity index (χ1n) is 8.11. The fourth-order valence-electron chi connectivity index (χ4n) is 2.65. The van der Waals surface area contributed by atoms with Crippen molar-refractivity contribution in [1.82, 2.24) is 4.90 Å². The lowest BCUT2D eigenvalue weighted by Crippen LogP contribution is -2.36. The van der Waals surface area contributed by atoms with Crippen molar-refractivity contribution in [2.45, 2.75) is 6.54 Å². The first kappa shape index (κ1) is 16.7. The first-order valence-corrected chi connectivity index (χ1v) is 8.99. The van der Waals surface area contributed by atoms with Crippen LogP contribution in [0.4, 0.5) is 5.69 Å². The van der Waals surface area contributed by atoms with E-state index in [9.17, 15) is 4.79 Å². The summed E-state index contributed by atoms with van der Waals surface area (Å²) in [4.78, 5) is 17.3. The molecule has 0 bridgehead atoms. The van der Waals surface area contributed by atoms with Gasteiger partial charge in [-0.1, -0.05) is 18.2 Å². The molecule has 1 saturated heterocycles. The van der Waals surface area contributed by atoms with Gasteiger partial charge in [0, 0.05) is 43.3 Å². The zero-order valence-corrected chi connectivity index (χ0v) is 14.7. The van der Waals surface area contributed by atoms with E-state index < -0.39 is 0 Å². The minimum Gasteiger partial charge on any atom is -0.378 e. The van der Waals surface area contributed by atoms with Crippen LogP contribution in [-0.4, -0.2) is 44.2 Å². The Labute approximate surface area is 147 Å². The molecule has 1 aromatic carbocycles. The Balaban J connectivity index is 1.55. The van der Waals surface area contributed by atoms with E-state index in [2.05, 4.69) is 29.2 Å². The summed E-state index contributed by atoms with van der Waals surface area (Å²) in [5.74, 6) is 0.0145. The maximum atomic E-state index is 12.2. The lowest BCUT2D eigenvalue weighted by molar-refractivity contribution is -0.125. The highest BCUT2D eigenvalue weighted by atomic mass is 32.1. The summed E-state index contributed by atoms with van der Waals surface area (Å²) in [6, 6.07) is 12.4. The fraction of sp³-hybridized carbons (Fsp3) is 0.316. The quantitative estimate of drug-likeness (QED) is 0.782. The van der Waals surface area contributed by atoms with E-state index in [1.165, 1.54) is 5.69 Å². The Bertz CT molecular complexity index is 674. The van der Waals surface area contributed by atoms with E-state index in [-0.39, 0.29) is 5.91 Å². The minimum atomic E-state index is 0.0145. The number of morpholine rings is 1. The summed E-state index contributed by atoms with van der Waals surface area (Å²) in [6.07, 6.45) is 3.50. The van der Waals surface area contributed by atoms with Gasteiger partial charge in [0.25, 0.3) is 0 Å². The number of thiophene rings is 1. The third-order valence-electron chi connectivity index (χ3n) is 4.04. The van der Waals surface area contributed by atoms with E-state index in [1.807, 2.05) is 30.6 Å². The van der Waals surface area contributed by atoms with Gasteiger partial charge in [-0.15, -0.1) is 11.3 Å². The number of carbonyl (C=O) groups is 1. The third-order valence-corrected chi connectivity index (χ3v) is 4.88. The molecule has 0 saturated carbocycles. The topological polar surface area (TPSA) is 32.8 Å². The predicted molar refractivity (Wildman–Crippen MR) is 99.3 cm³/mol. The highest BCUT2D eigenvalue weighted by molar-refractivity contribution is 7.10. The number of hydrogen-bond acceptors (Lipinski definition) is 4.